The third-order valence-electron chi connectivity index (χ3n) is 6.50. The molecule has 38 heavy (non-hydrogen) atoms. The van der Waals surface area contributed by atoms with Crippen molar-refractivity contribution in [3.63, 3.8) is 0 Å². The molecule has 1 N–H and O–H groups in total. The molecule has 1 fully saturated rings. The Morgan fingerprint density at radius 2 is 1.66 bits per heavy atom. The van der Waals surface area contributed by atoms with Crippen LogP contribution in [-0.4, -0.2) is 38.0 Å². The van der Waals surface area contributed by atoms with Gasteiger partial charge in [0, 0.05) is 25.5 Å². The van der Waals surface area contributed by atoms with E-state index in [0.29, 0.717) is 16.9 Å². The van der Waals surface area contributed by atoms with Crippen LogP contribution >= 0.6 is 0 Å². The van der Waals surface area contributed by atoms with Crippen LogP contribution in [0.3, 0.4) is 0 Å². The molecule has 1 atom stereocenters. The first-order chi connectivity index (χ1) is 17.8. The van der Waals surface area contributed by atoms with Gasteiger partial charge in [-0.1, -0.05) is 24.3 Å². The molecule has 0 spiro atoms. The summed E-state index contributed by atoms with van der Waals surface area (Å²) in [4.78, 5) is 29.7. The van der Waals surface area contributed by atoms with E-state index in [2.05, 4.69) is 0 Å². The Labute approximate surface area is 218 Å². The molecule has 3 aromatic carbocycles. The molecule has 0 aromatic heterocycles. The summed E-state index contributed by atoms with van der Waals surface area (Å²) in [6, 6.07) is 13.4. The number of amides is 1. The summed E-state index contributed by atoms with van der Waals surface area (Å²) in [6.45, 7) is 3.59. The van der Waals surface area contributed by atoms with Crippen LogP contribution in [-0.2, 0) is 15.8 Å². The van der Waals surface area contributed by atoms with E-state index in [1.807, 2.05) is 32.0 Å². The number of methoxy groups -OCH3 is 1. The molecule has 9 heteroatoms. The average molecular weight is 525 g/mol. The molecule has 0 saturated carbocycles. The fourth-order valence-corrected chi connectivity index (χ4v) is 4.75. The number of hydrogen-bond acceptors (Lipinski definition) is 5. The lowest BCUT2D eigenvalue weighted by atomic mass is 9.93. The highest BCUT2D eigenvalue weighted by Gasteiger charge is 2.47. The second kappa shape index (κ2) is 9.89. The second-order valence-corrected chi connectivity index (χ2v) is 9.37. The van der Waals surface area contributed by atoms with Gasteiger partial charge in [-0.25, -0.2) is 0 Å². The smallest absolute Gasteiger partial charge is 0.416 e. The highest BCUT2D eigenvalue weighted by atomic mass is 19.4. The Morgan fingerprint density at radius 3 is 2.24 bits per heavy atom. The second-order valence-electron chi connectivity index (χ2n) is 9.37. The first kappa shape index (κ1) is 26.8. The maximum atomic E-state index is 13.5. The average Bonchev–Trinajstić information content (AvgIpc) is 3.13. The fraction of sp³-hybridized carbons (Fsp3) is 0.241. The number of rotatable bonds is 5. The molecule has 1 heterocycles. The predicted octanol–water partition coefficient (Wildman–Crippen LogP) is 6.02. The number of ether oxygens (including phenoxy) is 1. The lowest BCUT2D eigenvalue weighted by molar-refractivity contribution is -0.137. The van der Waals surface area contributed by atoms with Crippen molar-refractivity contribution in [3.05, 3.63) is 94.1 Å². The Kier molecular flexibility index (Phi) is 6.97. The van der Waals surface area contributed by atoms with Crippen molar-refractivity contribution in [2.75, 3.05) is 31.0 Å². The van der Waals surface area contributed by atoms with E-state index < -0.39 is 35.2 Å². The van der Waals surface area contributed by atoms with Gasteiger partial charge >= 0.3 is 6.18 Å². The lowest BCUT2D eigenvalue weighted by Crippen LogP contribution is -2.29. The van der Waals surface area contributed by atoms with E-state index in [1.165, 1.54) is 19.2 Å². The third-order valence-corrected chi connectivity index (χ3v) is 6.50. The third kappa shape index (κ3) is 4.71. The van der Waals surface area contributed by atoms with Gasteiger partial charge in [-0.05, 0) is 66.9 Å². The topological polar surface area (TPSA) is 70.1 Å². The number of benzene rings is 3. The number of ketones is 1. The number of Topliss-reactive ketones (excluding diaryl/α,β-unsaturated/α-hetero) is 1. The molecule has 6 nitrogen and oxygen atoms in total. The van der Waals surface area contributed by atoms with Gasteiger partial charge in [0.25, 0.3) is 11.7 Å². The Hall–Kier alpha value is -4.27. The minimum Gasteiger partial charge on any atom is -0.507 e. The molecule has 4 rings (SSSR count). The number of aliphatic hydroxyl groups excluding tert-OH is 1. The number of aliphatic hydroxyl groups is 1. The molecule has 0 aliphatic carbocycles. The summed E-state index contributed by atoms with van der Waals surface area (Å²) in [5.41, 5.74) is 1.65. The van der Waals surface area contributed by atoms with Crippen molar-refractivity contribution in [2.24, 2.45) is 0 Å². The van der Waals surface area contributed by atoms with Crippen LogP contribution in [0, 0.1) is 13.8 Å². The maximum absolute atomic E-state index is 13.5. The van der Waals surface area contributed by atoms with Crippen LogP contribution in [0.25, 0.3) is 5.76 Å². The minimum absolute atomic E-state index is 0.116. The van der Waals surface area contributed by atoms with Crippen LogP contribution < -0.4 is 14.5 Å². The van der Waals surface area contributed by atoms with E-state index in [-0.39, 0.29) is 16.8 Å². The zero-order chi connectivity index (χ0) is 27.9. The molecule has 1 aliphatic rings. The molecule has 198 valence electrons. The van der Waals surface area contributed by atoms with Crippen molar-refractivity contribution >= 4 is 28.8 Å². The van der Waals surface area contributed by atoms with E-state index in [1.54, 1.807) is 37.3 Å². The first-order valence-electron chi connectivity index (χ1n) is 11.8. The van der Waals surface area contributed by atoms with Crippen molar-refractivity contribution in [1.29, 1.82) is 0 Å². The highest BCUT2D eigenvalue weighted by Crippen LogP contribution is 2.45. The van der Waals surface area contributed by atoms with Gasteiger partial charge in [0.2, 0.25) is 0 Å². The molecule has 1 saturated heterocycles. The van der Waals surface area contributed by atoms with Crippen LogP contribution in [0.2, 0.25) is 0 Å². The number of halogens is 3. The first-order valence-corrected chi connectivity index (χ1v) is 11.8. The molecular formula is C29H27F3N2O4. The number of carbonyl (C=O) groups is 2. The summed E-state index contributed by atoms with van der Waals surface area (Å²) >= 11 is 0. The van der Waals surface area contributed by atoms with E-state index in [0.717, 1.165) is 28.3 Å². The summed E-state index contributed by atoms with van der Waals surface area (Å²) < 4.78 is 46.0. The van der Waals surface area contributed by atoms with Crippen molar-refractivity contribution in [2.45, 2.75) is 26.1 Å². The van der Waals surface area contributed by atoms with Crippen molar-refractivity contribution in [1.82, 2.24) is 0 Å². The zero-order valence-corrected chi connectivity index (χ0v) is 21.6. The van der Waals surface area contributed by atoms with Crippen molar-refractivity contribution in [3.8, 4) is 5.75 Å². The number of nitrogens with zero attached hydrogens (tertiary/aromatic N) is 2. The summed E-state index contributed by atoms with van der Waals surface area (Å²) in [5.74, 6) is -2.21. The SMILES string of the molecule is COc1c(C)cc(C)cc1/C(O)=C1\C(=O)C(=O)N(c2cccc(C(F)(F)F)c2)C1c1ccc(N(C)C)cc1. The maximum Gasteiger partial charge on any atom is 0.416 e. The molecule has 1 aliphatic heterocycles. The summed E-state index contributed by atoms with van der Waals surface area (Å²) in [7, 11) is 5.11. The van der Waals surface area contributed by atoms with Gasteiger partial charge in [0.1, 0.15) is 11.5 Å². The van der Waals surface area contributed by atoms with Crippen LogP contribution in [0.5, 0.6) is 5.75 Å². The van der Waals surface area contributed by atoms with E-state index >= 15 is 0 Å². The normalized spacial score (nSPS) is 17.2. The monoisotopic (exact) mass is 524 g/mol. The molecule has 1 unspecified atom stereocenters. The molecule has 1 amide bonds. The Balaban J connectivity index is 2.00. The number of aryl methyl sites for hydroxylation is 2. The Bertz CT molecular complexity index is 1440. The van der Waals surface area contributed by atoms with Crippen LogP contribution in [0.1, 0.15) is 33.9 Å². The van der Waals surface area contributed by atoms with E-state index in [9.17, 15) is 27.9 Å². The van der Waals surface area contributed by atoms with E-state index in [4.69, 9.17) is 4.74 Å². The summed E-state index contributed by atoms with van der Waals surface area (Å²) in [5, 5.41) is 11.5. The van der Waals surface area contributed by atoms with Gasteiger partial charge in [0.15, 0.2) is 0 Å². The molecule has 0 bridgehead atoms. The number of anilines is 2. The van der Waals surface area contributed by atoms with Crippen LogP contribution in [0.15, 0.2) is 66.2 Å². The van der Waals surface area contributed by atoms with Gasteiger partial charge in [-0.2, -0.15) is 13.2 Å². The molecule has 3 aromatic rings. The van der Waals surface area contributed by atoms with Crippen LogP contribution in [0.4, 0.5) is 24.5 Å². The fourth-order valence-electron chi connectivity index (χ4n) is 4.75. The number of alkyl halides is 3. The minimum atomic E-state index is -4.65. The largest absolute Gasteiger partial charge is 0.507 e. The van der Waals surface area contributed by atoms with Crippen molar-refractivity contribution < 1.29 is 32.6 Å². The van der Waals surface area contributed by atoms with Gasteiger partial charge < -0.3 is 14.7 Å². The highest BCUT2D eigenvalue weighted by molar-refractivity contribution is 6.51. The lowest BCUT2D eigenvalue weighted by Gasteiger charge is -2.26. The number of carbonyl (C=O) groups excluding carboxylic acids is 2. The Morgan fingerprint density at radius 1 is 1.00 bits per heavy atom. The number of hydrogen-bond donors (Lipinski definition) is 1. The van der Waals surface area contributed by atoms with Gasteiger partial charge in [-0.15, -0.1) is 0 Å². The summed E-state index contributed by atoms with van der Waals surface area (Å²) in [6.07, 6.45) is -4.65. The standard InChI is InChI=1S/C29H27F3N2O4/c1-16-13-17(2)27(38-5)22(14-16)25(35)23-24(18-9-11-20(12-10-18)33(3)4)34(28(37)26(23)36)21-8-6-7-19(15-21)29(30,31)32/h6-15,24,35H,1-5H3/b25-23+. The predicted molar refractivity (Wildman–Crippen MR) is 139 cm³/mol. The zero-order valence-electron chi connectivity index (χ0n) is 21.6. The quantitative estimate of drug-likeness (QED) is 0.251. The van der Waals surface area contributed by atoms with Gasteiger partial charge in [-0.3, -0.25) is 14.5 Å². The van der Waals surface area contributed by atoms with Gasteiger partial charge in [0.05, 0.1) is 29.9 Å². The molecular weight excluding hydrogens is 497 g/mol. The molecule has 0 radical (unpaired) electrons.